The number of furan rings is 1. The molecule has 2 aromatic heterocycles. The number of Topliss-reactive ketones (excluding diaryl/α,β-unsaturated/α-hetero) is 1. The minimum absolute atomic E-state index is 0.0317. The van der Waals surface area contributed by atoms with Gasteiger partial charge in [-0.05, 0) is 31.2 Å². The normalized spacial score (nSPS) is 10.4. The number of rotatable bonds is 7. The van der Waals surface area contributed by atoms with Crippen molar-refractivity contribution in [2.24, 2.45) is 0 Å². The molecule has 5 heteroatoms. The van der Waals surface area contributed by atoms with Crippen molar-refractivity contribution in [3.8, 4) is 0 Å². The third-order valence-corrected chi connectivity index (χ3v) is 3.91. The van der Waals surface area contributed by atoms with Crippen LogP contribution >= 0.6 is 11.3 Å². The number of aryl methyl sites for hydroxylation is 1. The van der Waals surface area contributed by atoms with Crippen LogP contribution in [0.1, 0.15) is 33.2 Å². The molecule has 0 radical (unpaired) electrons. The van der Waals surface area contributed by atoms with E-state index in [2.05, 4.69) is 5.32 Å². The molecule has 0 saturated carbocycles. The summed E-state index contributed by atoms with van der Waals surface area (Å²) in [4.78, 5) is 25.3. The topological polar surface area (TPSA) is 59.3 Å². The fourth-order valence-corrected chi connectivity index (χ4v) is 2.64. The Hall–Kier alpha value is -1.88. The molecule has 0 saturated heterocycles. The van der Waals surface area contributed by atoms with Crippen LogP contribution < -0.4 is 5.32 Å². The summed E-state index contributed by atoms with van der Waals surface area (Å²) in [5, 5.41) is 2.79. The van der Waals surface area contributed by atoms with Crippen LogP contribution in [-0.4, -0.2) is 18.2 Å². The molecule has 0 aliphatic rings. The van der Waals surface area contributed by atoms with Crippen molar-refractivity contribution in [2.45, 2.75) is 26.2 Å². The Morgan fingerprint density at radius 2 is 2.10 bits per heavy atom. The van der Waals surface area contributed by atoms with Crippen LogP contribution in [0.15, 0.2) is 34.9 Å². The average Bonchev–Trinajstić information content (AvgIpc) is 3.07. The first-order valence-electron chi connectivity index (χ1n) is 6.54. The number of hydrogen-bond donors (Lipinski definition) is 1. The molecule has 20 heavy (non-hydrogen) atoms. The summed E-state index contributed by atoms with van der Waals surface area (Å²) in [5.41, 5.74) is 0. The molecular formula is C15H17NO3S. The van der Waals surface area contributed by atoms with Gasteiger partial charge in [0.15, 0.2) is 5.78 Å². The number of carbonyl (C=O) groups is 2. The summed E-state index contributed by atoms with van der Waals surface area (Å²) in [5.74, 6) is 0.776. The number of ketones is 1. The van der Waals surface area contributed by atoms with E-state index in [9.17, 15) is 9.59 Å². The molecule has 0 aromatic carbocycles. The monoisotopic (exact) mass is 291 g/mol. The number of amides is 1. The van der Waals surface area contributed by atoms with Crippen LogP contribution in [-0.2, 0) is 11.2 Å². The van der Waals surface area contributed by atoms with Gasteiger partial charge < -0.3 is 9.73 Å². The Bertz CT molecular complexity index is 572. The van der Waals surface area contributed by atoms with Crippen LogP contribution in [0, 0.1) is 6.92 Å². The van der Waals surface area contributed by atoms with Crippen LogP contribution in [0.5, 0.6) is 0 Å². The smallest absolute Gasteiger partial charge is 0.220 e. The van der Waals surface area contributed by atoms with E-state index >= 15 is 0 Å². The van der Waals surface area contributed by atoms with Crippen molar-refractivity contribution in [3.05, 3.63) is 46.0 Å². The molecule has 2 heterocycles. The fraction of sp³-hybridized carbons (Fsp3) is 0.333. The second-order valence-corrected chi connectivity index (χ2v) is 5.80. The molecule has 0 aliphatic carbocycles. The summed E-state index contributed by atoms with van der Waals surface area (Å²) in [7, 11) is 0. The Labute approximate surface area is 121 Å². The maximum Gasteiger partial charge on any atom is 0.220 e. The van der Waals surface area contributed by atoms with Gasteiger partial charge in [-0.15, -0.1) is 11.3 Å². The first-order valence-corrected chi connectivity index (χ1v) is 7.35. The molecule has 0 fully saturated rings. The Morgan fingerprint density at radius 1 is 1.25 bits per heavy atom. The van der Waals surface area contributed by atoms with Crippen LogP contribution in [0.25, 0.3) is 0 Å². The minimum Gasteiger partial charge on any atom is -0.469 e. The van der Waals surface area contributed by atoms with Crippen molar-refractivity contribution in [1.82, 2.24) is 5.32 Å². The van der Waals surface area contributed by atoms with Gasteiger partial charge >= 0.3 is 0 Å². The van der Waals surface area contributed by atoms with E-state index in [-0.39, 0.29) is 24.5 Å². The summed E-state index contributed by atoms with van der Waals surface area (Å²) >= 11 is 1.47. The fourth-order valence-electron chi connectivity index (χ4n) is 1.80. The first-order chi connectivity index (χ1) is 9.65. The van der Waals surface area contributed by atoms with E-state index in [1.807, 2.05) is 31.2 Å². The van der Waals surface area contributed by atoms with Gasteiger partial charge in [0.1, 0.15) is 5.76 Å². The molecule has 106 valence electrons. The van der Waals surface area contributed by atoms with E-state index in [1.54, 1.807) is 6.26 Å². The van der Waals surface area contributed by atoms with E-state index in [0.29, 0.717) is 13.0 Å². The van der Waals surface area contributed by atoms with Gasteiger partial charge in [-0.2, -0.15) is 0 Å². The summed E-state index contributed by atoms with van der Waals surface area (Å²) < 4.78 is 5.17. The predicted octanol–water partition coefficient (Wildman–Crippen LogP) is 2.97. The van der Waals surface area contributed by atoms with Crippen molar-refractivity contribution in [1.29, 1.82) is 0 Å². The average molecular weight is 291 g/mol. The molecule has 2 aromatic rings. The van der Waals surface area contributed by atoms with Crippen molar-refractivity contribution >= 4 is 23.0 Å². The van der Waals surface area contributed by atoms with Crippen molar-refractivity contribution < 1.29 is 14.0 Å². The molecule has 0 bridgehead atoms. The molecule has 0 aliphatic heterocycles. The molecule has 1 amide bonds. The predicted molar refractivity (Wildman–Crippen MR) is 78.0 cm³/mol. The van der Waals surface area contributed by atoms with Crippen LogP contribution in [0.3, 0.4) is 0 Å². The highest BCUT2D eigenvalue weighted by Gasteiger charge is 2.10. The second kappa shape index (κ2) is 7.05. The standard InChI is InChI=1S/C15H17NO3S/c1-11-4-6-14(20-11)13(17)5-7-15(18)16-9-8-12-3-2-10-19-12/h2-4,6,10H,5,7-9H2,1H3,(H,16,18). The van der Waals surface area contributed by atoms with Gasteiger partial charge in [-0.25, -0.2) is 0 Å². The number of carbonyl (C=O) groups excluding carboxylic acids is 2. The summed E-state index contributed by atoms with van der Waals surface area (Å²) in [6, 6.07) is 7.42. The lowest BCUT2D eigenvalue weighted by atomic mass is 10.2. The van der Waals surface area contributed by atoms with E-state index in [0.717, 1.165) is 15.5 Å². The van der Waals surface area contributed by atoms with E-state index in [1.165, 1.54) is 11.3 Å². The highest BCUT2D eigenvalue weighted by atomic mass is 32.1. The molecule has 4 nitrogen and oxygen atoms in total. The van der Waals surface area contributed by atoms with Gasteiger partial charge in [0.05, 0.1) is 11.1 Å². The largest absolute Gasteiger partial charge is 0.469 e. The Kier molecular flexibility index (Phi) is 5.12. The van der Waals surface area contributed by atoms with Gasteiger partial charge in [0.25, 0.3) is 0 Å². The van der Waals surface area contributed by atoms with Crippen LogP contribution in [0.2, 0.25) is 0 Å². The maximum atomic E-state index is 11.8. The second-order valence-electron chi connectivity index (χ2n) is 4.51. The van der Waals surface area contributed by atoms with Gasteiger partial charge in [-0.3, -0.25) is 9.59 Å². The number of nitrogens with one attached hydrogen (secondary N) is 1. The molecule has 0 spiro atoms. The third-order valence-electron chi connectivity index (χ3n) is 2.87. The number of hydrogen-bond acceptors (Lipinski definition) is 4. The van der Waals surface area contributed by atoms with Crippen molar-refractivity contribution in [2.75, 3.05) is 6.54 Å². The zero-order valence-electron chi connectivity index (χ0n) is 11.3. The van der Waals surface area contributed by atoms with Gasteiger partial charge in [0.2, 0.25) is 5.91 Å². The highest BCUT2D eigenvalue weighted by Crippen LogP contribution is 2.17. The lowest BCUT2D eigenvalue weighted by Gasteiger charge is -2.03. The van der Waals surface area contributed by atoms with Gasteiger partial charge in [-0.1, -0.05) is 0 Å². The SMILES string of the molecule is Cc1ccc(C(=O)CCC(=O)NCCc2ccco2)s1. The van der Waals surface area contributed by atoms with E-state index < -0.39 is 0 Å². The summed E-state index contributed by atoms with van der Waals surface area (Å²) in [6.07, 6.45) is 2.76. The molecule has 1 N–H and O–H groups in total. The van der Waals surface area contributed by atoms with Crippen molar-refractivity contribution in [3.63, 3.8) is 0 Å². The Balaban J connectivity index is 1.66. The molecular weight excluding hydrogens is 274 g/mol. The van der Waals surface area contributed by atoms with E-state index in [4.69, 9.17) is 4.42 Å². The summed E-state index contributed by atoms with van der Waals surface area (Å²) in [6.45, 7) is 2.49. The zero-order valence-corrected chi connectivity index (χ0v) is 12.2. The van der Waals surface area contributed by atoms with Gasteiger partial charge in [0, 0.05) is 30.7 Å². The molecule has 0 atom stereocenters. The Morgan fingerprint density at radius 3 is 2.75 bits per heavy atom. The first kappa shape index (κ1) is 14.5. The maximum absolute atomic E-state index is 11.8. The lowest BCUT2D eigenvalue weighted by molar-refractivity contribution is -0.121. The lowest BCUT2D eigenvalue weighted by Crippen LogP contribution is -2.25. The molecule has 2 rings (SSSR count). The van der Waals surface area contributed by atoms with Crippen LogP contribution in [0.4, 0.5) is 0 Å². The highest BCUT2D eigenvalue weighted by molar-refractivity contribution is 7.14. The third kappa shape index (κ3) is 4.35. The number of thiophene rings is 1. The molecule has 0 unspecified atom stereocenters. The minimum atomic E-state index is -0.0989. The quantitative estimate of drug-likeness (QED) is 0.798. The zero-order chi connectivity index (χ0) is 14.4.